The zero-order valence-corrected chi connectivity index (χ0v) is 12.9. The highest BCUT2D eigenvalue weighted by Gasteiger charge is 2.00. The molecule has 2 rings (SSSR count). The lowest BCUT2D eigenvalue weighted by molar-refractivity contribution is 0.112. The summed E-state index contributed by atoms with van der Waals surface area (Å²) < 4.78 is 0. The lowest BCUT2D eigenvalue weighted by atomic mass is 10.0. The first-order valence-corrected chi connectivity index (χ1v) is 6.89. The number of phenols is 1. The second kappa shape index (κ2) is 8.05. The molecule has 2 nitrogen and oxygen atoms in total. The largest absolute Gasteiger partial charge is 0.508 e. The summed E-state index contributed by atoms with van der Waals surface area (Å²) in [5, 5.41) is 8.90. The van der Waals surface area contributed by atoms with Gasteiger partial charge in [0.2, 0.25) is 0 Å². The van der Waals surface area contributed by atoms with Gasteiger partial charge in [-0.15, -0.1) is 6.58 Å². The van der Waals surface area contributed by atoms with Crippen molar-refractivity contribution in [3.63, 3.8) is 0 Å². The molecule has 0 radical (unpaired) electrons. The van der Waals surface area contributed by atoms with Crippen LogP contribution in [0.5, 0.6) is 5.75 Å². The fraction of sp³-hybridized carbons (Fsp3) is 0.211. The molecule has 0 fully saturated rings. The molecule has 110 valence electrons. The van der Waals surface area contributed by atoms with Gasteiger partial charge in [0, 0.05) is 5.56 Å². The van der Waals surface area contributed by atoms with Crippen LogP contribution in [0.3, 0.4) is 0 Å². The maximum Gasteiger partial charge on any atom is 0.150 e. The monoisotopic (exact) mass is 282 g/mol. The van der Waals surface area contributed by atoms with Gasteiger partial charge in [0.05, 0.1) is 0 Å². The molecule has 0 atom stereocenters. The number of aryl methyl sites for hydroxylation is 3. The van der Waals surface area contributed by atoms with Crippen LogP contribution in [-0.2, 0) is 6.42 Å². The first kappa shape index (κ1) is 16.7. The number of carbonyl (C=O) groups excluding carboxylic acids is 1. The van der Waals surface area contributed by atoms with Crippen molar-refractivity contribution in [1.82, 2.24) is 0 Å². The van der Waals surface area contributed by atoms with Crippen molar-refractivity contribution in [3.8, 4) is 5.75 Å². The Hall–Kier alpha value is -2.35. The standard InChI is InChI=1S/C10H12O.C9H10O/c1-7-4-8(2)10(6-11)9(3)5-7;1-2-3-8-4-6-9(10)7-5-8/h4-6H,1-3H3;2,4-7,10H,1,3H2. The van der Waals surface area contributed by atoms with Crippen molar-refractivity contribution in [2.75, 3.05) is 0 Å². The Labute approximate surface area is 126 Å². The number of aldehydes is 1. The van der Waals surface area contributed by atoms with Gasteiger partial charge in [-0.05, 0) is 56.0 Å². The zero-order valence-electron chi connectivity index (χ0n) is 12.9. The van der Waals surface area contributed by atoms with E-state index in [2.05, 4.69) is 6.58 Å². The fourth-order valence-electron chi connectivity index (χ4n) is 2.18. The molecule has 0 aliphatic rings. The number of hydrogen-bond donors (Lipinski definition) is 1. The van der Waals surface area contributed by atoms with E-state index >= 15 is 0 Å². The topological polar surface area (TPSA) is 37.3 Å². The van der Waals surface area contributed by atoms with Crippen LogP contribution in [0.1, 0.15) is 32.6 Å². The number of benzene rings is 2. The highest BCUT2D eigenvalue weighted by molar-refractivity contribution is 5.79. The minimum Gasteiger partial charge on any atom is -0.508 e. The minimum atomic E-state index is 0.313. The summed E-state index contributed by atoms with van der Waals surface area (Å²) in [5.41, 5.74) is 5.35. The molecule has 1 N–H and O–H groups in total. The van der Waals surface area contributed by atoms with E-state index < -0.39 is 0 Å². The zero-order chi connectivity index (χ0) is 15.8. The highest BCUT2D eigenvalue weighted by Crippen LogP contribution is 2.13. The van der Waals surface area contributed by atoms with Crippen LogP contribution in [0.25, 0.3) is 0 Å². The molecule has 0 spiro atoms. The number of aromatic hydroxyl groups is 1. The lowest BCUT2D eigenvalue weighted by Gasteiger charge is -2.03. The molecule has 2 aromatic carbocycles. The van der Waals surface area contributed by atoms with Crippen molar-refractivity contribution < 1.29 is 9.90 Å². The van der Waals surface area contributed by atoms with E-state index in [1.54, 1.807) is 12.1 Å². The van der Waals surface area contributed by atoms with E-state index in [1.165, 1.54) is 11.1 Å². The predicted octanol–water partition coefficient (Wildman–Crippen LogP) is 4.55. The van der Waals surface area contributed by atoms with Crippen LogP contribution < -0.4 is 0 Å². The highest BCUT2D eigenvalue weighted by atomic mass is 16.3. The second-order valence-electron chi connectivity index (χ2n) is 5.09. The summed E-state index contributed by atoms with van der Waals surface area (Å²) in [6.45, 7) is 9.58. The van der Waals surface area contributed by atoms with Crippen molar-refractivity contribution in [2.24, 2.45) is 0 Å². The number of phenolic OH excluding ortho intramolecular Hbond substituents is 1. The van der Waals surface area contributed by atoms with E-state index in [-0.39, 0.29) is 0 Å². The van der Waals surface area contributed by atoms with Gasteiger partial charge in [-0.1, -0.05) is 35.9 Å². The summed E-state index contributed by atoms with van der Waals surface area (Å²) in [6.07, 6.45) is 3.62. The maximum absolute atomic E-state index is 10.6. The van der Waals surface area contributed by atoms with Crippen molar-refractivity contribution >= 4 is 6.29 Å². The smallest absolute Gasteiger partial charge is 0.150 e. The average molecular weight is 282 g/mol. The first-order valence-electron chi connectivity index (χ1n) is 6.89. The molecule has 21 heavy (non-hydrogen) atoms. The minimum absolute atomic E-state index is 0.313. The molecule has 0 saturated heterocycles. The average Bonchev–Trinajstić information content (AvgIpc) is 2.42. The van der Waals surface area contributed by atoms with E-state index in [0.29, 0.717) is 5.75 Å². The molecule has 0 bridgehead atoms. The van der Waals surface area contributed by atoms with Crippen LogP contribution in [0.4, 0.5) is 0 Å². The van der Waals surface area contributed by atoms with Gasteiger partial charge in [-0.3, -0.25) is 4.79 Å². The predicted molar refractivity (Wildman–Crippen MR) is 88.0 cm³/mol. The van der Waals surface area contributed by atoms with Crippen molar-refractivity contribution in [3.05, 3.63) is 76.9 Å². The number of allylic oxidation sites excluding steroid dienone is 1. The van der Waals surface area contributed by atoms with Crippen LogP contribution in [0.15, 0.2) is 49.1 Å². The van der Waals surface area contributed by atoms with Gasteiger partial charge in [0.1, 0.15) is 5.75 Å². The Bertz CT molecular complexity index is 587. The molecule has 0 amide bonds. The number of hydrogen-bond acceptors (Lipinski definition) is 2. The summed E-state index contributed by atoms with van der Waals surface area (Å²) in [4.78, 5) is 10.6. The van der Waals surface area contributed by atoms with Gasteiger partial charge in [0.25, 0.3) is 0 Å². The van der Waals surface area contributed by atoms with Crippen LogP contribution >= 0.6 is 0 Å². The van der Waals surface area contributed by atoms with Gasteiger partial charge >= 0.3 is 0 Å². The molecule has 0 heterocycles. The Balaban J connectivity index is 0.000000211. The van der Waals surface area contributed by atoms with Gasteiger partial charge in [0.15, 0.2) is 6.29 Å². The molecule has 0 aliphatic carbocycles. The number of rotatable bonds is 3. The van der Waals surface area contributed by atoms with E-state index in [1.807, 2.05) is 51.1 Å². The normalized spacial score (nSPS) is 9.48. The molecule has 0 aliphatic heterocycles. The van der Waals surface area contributed by atoms with E-state index in [0.717, 1.165) is 29.4 Å². The second-order valence-corrected chi connectivity index (χ2v) is 5.09. The molecule has 0 saturated carbocycles. The molecule has 2 heteroatoms. The molecule has 0 unspecified atom stereocenters. The summed E-state index contributed by atoms with van der Waals surface area (Å²) >= 11 is 0. The van der Waals surface area contributed by atoms with Gasteiger partial charge in [-0.2, -0.15) is 0 Å². The third-order valence-corrected chi connectivity index (χ3v) is 3.17. The van der Waals surface area contributed by atoms with Crippen LogP contribution in [0.2, 0.25) is 0 Å². The molecule has 0 aromatic heterocycles. The van der Waals surface area contributed by atoms with E-state index in [4.69, 9.17) is 5.11 Å². The van der Waals surface area contributed by atoms with Crippen LogP contribution in [-0.4, -0.2) is 11.4 Å². The van der Waals surface area contributed by atoms with Crippen molar-refractivity contribution in [2.45, 2.75) is 27.2 Å². The Morgan fingerprint density at radius 1 is 1.05 bits per heavy atom. The van der Waals surface area contributed by atoms with Crippen molar-refractivity contribution in [1.29, 1.82) is 0 Å². The Morgan fingerprint density at radius 2 is 1.57 bits per heavy atom. The molecular formula is C19H22O2. The van der Waals surface area contributed by atoms with Gasteiger partial charge in [-0.25, -0.2) is 0 Å². The quantitative estimate of drug-likeness (QED) is 0.662. The summed E-state index contributed by atoms with van der Waals surface area (Å²) in [6, 6.07) is 11.2. The lowest BCUT2D eigenvalue weighted by Crippen LogP contribution is -1.91. The first-order chi connectivity index (χ1) is 9.97. The third kappa shape index (κ3) is 5.27. The molecule has 2 aromatic rings. The van der Waals surface area contributed by atoms with Gasteiger partial charge < -0.3 is 5.11 Å². The summed E-state index contributed by atoms with van der Waals surface area (Å²) in [7, 11) is 0. The Morgan fingerprint density at radius 3 is 2.00 bits per heavy atom. The Kier molecular flexibility index (Phi) is 6.41. The SMILES string of the molecule is C=CCc1ccc(O)cc1.Cc1cc(C)c(C=O)c(C)c1. The fourth-order valence-corrected chi connectivity index (χ4v) is 2.18. The summed E-state index contributed by atoms with van der Waals surface area (Å²) in [5.74, 6) is 0.313. The molecular weight excluding hydrogens is 260 g/mol. The van der Waals surface area contributed by atoms with E-state index in [9.17, 15) is 4.79 Å². The van der Waals surface area contributed by atoms with Crippen LogP contribution in [0, 0.1) is 20.8 Å². The number of carbonyl (C=O) groups is 1. The third-order valence-electron chi connectivity index (χ3n) is 3.17. The maximum atomic E-state index is 10.6.